The van der Waals surface area contributed by atoms with E-state index in [1.165, 1.54) is 7.11 Å². The monoisotopic (exact) mass is 439 g/mol. The van der Waals surface area contributed by atoms with Crippen LogP contribution >= 0.6 is 0 Å². The lowest BCUT2D eigenvalue weighted by Gasteiger charge is -2.33. The second-order valence-corrected chi connectivity index (χ2v) is 8.48. The summed E-state index contributed by atoms with van der Waals surface area (Å²) in [6.45, 7) is 2.56. The summed E-state index contributed by atoms with van der Waals surface area (Å²) in [4.78, 5) is 52.7. The normalized spacial score (nSPS) is 19.7. The van der Waals surface area contributed by atoms with E-state index in [0.29, 0.717) is 37.6 Å². The molecular weight excluding hydrogens is 410 g/mol. The van der Waals surface area contributed by atoms with E-state index in [1.54, 1.807) is 35.5 Å². The smallest absolute Gasteiger partial charge is 0.255 e. The van der Waals surface area contributed by atoms with Crippen LogP contribution in [0.1, 0.15) is 59.4 Å². The lowest BCUT2D eigenvalue weighted by molar-refractivity contribution is -0.136. The summed E-state index contributed by atoms with van der Waals surface area (Å²) in [7, 11) is 1.52. The number of rotatable bonds is 5. The number of carbonyl (C=O) groups is 2. The van der Waals surface area contributed by atoms with E-state index in [4.69, 9.17) is 9.72 Å². The first-order chi connectivity index (χ1) is 15.5. The number of carbonyl (C=O) groups excluding carboxylic acids is 2. The van der Waals surface area contributed by atoms with Crippen molar-refractivity contribution in [3.8, 4) is 0 Å². The number of piperidine rings is 2. The zero-order valence-corrected chi connectivity index (χ0v) is 18.3. The molecule has 2 aromatic heterocycles. The summed E-state index contributed by atoms with van der Waals surface area (Å²) < 4.78 is 4.94. The van der Waals surface area contributed by atoms with Gasteiger partial charge in [-0.1, -0.05) is 0 Å². The fourth-order valence-electron chi connectivity index (χ4n) is 4.59. The van der Waals surface area contributed by atoms with Crippen molar-refractivity contribution in [2.75, 3.05) is 39.9 Å². The Hall–Kier alpha value is -3.07. The summed E-state index contributed by atoms with van der Waals surface area (Å²) >= 11 is 0. The van der Waals surface area contributed by atoms with Gasteiger partial charge in [-0.15, -0.1) is 0 Å². The van der Waals surface area contributed by atoms with Crippen LogP contribution in [0.5, 0.6) is 0 Å². The molecule has 0 radical (unpaired) electrons. The Morgan fingerprint density at radius 3 is 2.69 bits per heavy atom. The average Bonchev–Trinajstić information content (AvgIpc) is 2.84. The van der Waals surface area contributed by atoms with Crippen molar-refractivity contribution < 1.29 is 14.3 Å². The predicted octanol–water partition coefficient (Wildman–Crippen LogP) is 1.54. The number of nitrogens with one attached hydrogen (secondary N) is 1. The molecule has 0 aromatic carbocycles. The topological polar surface area (TPSA) is 108 Å². The van der Waals surface area contributed by atoms with Crippen molar-refractivity contribution in [1.29, 1.82) is 0 Å². The molecule has 2 saturated heterocycles. The zero-order chi connectivity index (χ0) is 22.5. The number of amides is 2. The van der Waals surface area contributed by atoms with Gasteiger partial charge in [-0.2, -0.15) is 0 Å². The van der Waals surface area contributed by atoms with Crippen LogP contribution < -0.4 is 5.56 Å². The molecule has 9 heteroatoms. The molecule has 1 N–H and O–H groups in total. The van der Waals surface area contributed by atoms with Crippen LogP contribution in [0.3, 0.4) is 0 Å². The minimum Gasteiger partial charge on any atom is -0.375 e. The van der Waals surface area contributed by atoms with E-state index in [1.807, 2.05) is 4.90 Å². The highest BCUT2D eigenvalue weighted by Gasteiger charge is 2.29. The number of likely N-dealkylation sites (tertiary alicyclic amines) is 2. The number of ether oxygens (including phenoxy) is 1. The summed E-state index contributed by atoms with van der Waals surface area (Å²) in [6, 6.07) is 5.09. The van der Waals surface area contributed by atoms with Crippen LogP contribution in [0.15, 0.2) is 35.4 Å². The Morgan fingerprint density at radius 1 is 1.16 bits per heavy atom. The summed E-state index contributed by atoms with van der Waals surface area (Å²) in [6.07, 6.45) is 6.47. The summed E-state index contributed by atoms with van der Waals surface area (Å²) in [5.41, 5.74) is 1.14. The lowest BCUT2D eigenvalue weighted by Crippen LogP contribution is -2.41. The third-order valence-electron chi connectivity index (χ3n) is 6.32. The highest BCUT2D eigenvalue weighted by atomic mass is 16.5. The van der Waals surface area contributed by atoms with Crippen LogP contribution in [0.4, 0.5) is 0 Å². The van der Waals surface area contributed by atoms with E-state index in [9.17, 15) is 14.4 Å². The molecule has 4 heterocycles. The molecule has 2 fully saturated rings. The van der Waals surface area contributed by atoms with Crippen molar-refractivity contribution in [3.05, 3.63) is 58.0 Å². The van der Waals surface area contributed by atoms with Crippen LogP contribution in [-0.4, -0.2) is 76.5 Å². The zero-order valence-electron chi connectivity index (χ0n) is 18.3. The van der Waals surface area contributed by atoms with Gasteiger partial charge in [0.15, 0.2) is 0 Å². The minimum atomic E-state index is -0.168. The van der Waals surface area contributed by atoms with Crippen molar-refractivity contribution in [2.24, 2.45) is 0 Å². The first kappa shape index (κ1) is 22.1. The Morgan fingerprint density at radius 2 is 1.97 bits per heavy atom. The van der Waals surface area contributed by atoms with E-state index in [-0.39, 0.29) is 35.8 Å². The van der Waals surface area contributed by atoms with Gasteiger partial charge in [0.05, 0.1) is 11.3 Å². The third-order valence-corrected chi connectivity index (χ3v) is 6.32. The summed E-state index contributed by atoms with van der Waals surface area (Å²) in [5, 5.41) is 0. The quantitative estimate of drug-likeness (QED) is 0.757. The van der Waals surface area contributed by atoms with Crippen LogP contribution in [0.2, 0.25) is 0 Å². The second-order valence-electron chi connectivity index (χ2n) is 8.48. The molecule has 0 aliphatic carbocycles. The molecule has 4 rings (SSSR count). The van der Waals surface area contributed by atoms with Gasteiger partial charge in [0.2, 0.25) is 5.91 Å². The number of H-pyrrole nitrogens is 1. The van der Waals surface area contributed by atoms with E-state index >= 15 is 0 Å². The van der Waals surface area contributed by atoms with E-state index in [2.05, 4.69) is 9.97 Å². The van der Waals surface area contributed by atoms with Crippen LogP contribution in [0, 0.1) is 0 Å². The maximum Gasteiger partial charge on any atom is 0.255 e. The highest BCUT2D eigenvalue weighted by molar-refractivity contribution is 5.94. The Bertz CT molecular complexity index is 1000. The number of hydrogen-bond donors (Lipinski definition) is 1. The third kappa shape index (κ3) is 5.04. The number of aromatic amines is 1. The number of methoxy groups -OCH3 is 1. The molecular formula is C23H29N5O4. The van der Waals surface area contributed by atoms with Crippen LogP contribution in [-0.2, 0) is 9.53 Å². The number of pyridine rings is 1. The molecule has 2 aliphatic heterocycles. The van der Waals surface area contributed by atoms with E-state index < -0.39 is 0 Å². The standard InChI is InChI=1S/C23H29N5O4/c1-32-15-21(30)27-10-6-16(7-11-27)22-25-19(12-20(29)26-22)18-5-3-9-28(14-18)23(31)17-4-2-8-24-13-17/h2,4,8,12-13,16,18H,3,5-7,9-11,14-15H2,1H3,(H,25,26,29). The Labute approximate surface area is 186 Å². The Kier molecular flexibility index (Phi) is 6.94. The van der Waals surface area contributed by atoms with Gasteiger partial charge in [-0.05, 0) is 37.8 Å². The SMILES string of the molecule is COCC(=O)N1CCC(c2nc(C3CCCN(C(=O)c4cccnc4)C3)cc(=O)[nH]2)CC1. The molecule has 170 valence electrons. The molecule has 2 amide bonds. The molecule has 9 nitrogen and oxygen atoms in total. The predicted molar refractivity (Wildman–Crippen MR) is 117 cm³/mol. The second kappa shape index (κ2) is 10.0. The molecule has 32 heavy (non-hydrogen) atoms. The van der Waals surface area contributed by atoms with Gasteiger partial charge in [0.1, 0.15) is 12.4 Å². The van der Waals surface area contributed by atoms with Gasteiger partial charge in [-0.25, -0.2) is 4.98 Å². The van der Waals surface area contributed by atoms with Gasteiger partial charge in [-0.3, -0.25) is 19.4 Å². The van der Waals surface area contributed by atoms with Gasteiger partial charge in [0.25, 0.3) is 11.5 Å². The number of hydrogen-bond acceptors (Lipinski definition) is 6. The largest absolute Gasteiger partial charge is 0.375 e. The van der Waals surface area contributed by atoms with Gasteiger partial charge < -0.3 is 19.5 Å². The number of nitrogens with zero attached hydrogens (tertiary/aromatic N) is 4. The molecule has 0 bridgehead atoms. The molecule has 1 unspecified atom stereocenters. The molecule has 2 aromatic rings. The molecule has 1 atom stereocenters. The minimum absolute atomic E-state index is 0.0123. The Balaban J connectivity index is 1.45. The highest BCUT2D eigenvalue weighted by Crippen LogP contribution is 2.29. The molecule has 2 aliphatic rings. The van der Waals surface area contributed by atoms with Gasteiger partial charge in [0, 0.05) is 63.6 Å². The first-order valence-corrected chi connectivity index (χ1v) is 11.1. The van der Waals surface area contributed by atoms with Crippen molar-refractivity contribution in [3.63, 3.8) is 0 Å². The van der Waals surface area contributed by atoms with E-state index in [0.717, 1.165) is 31.4 Å². The fraction of sp³-hybridized carbons (Fsp3) is 0.522. The first-order valence-electron chi connectivity index (χ1n) is 11.1. The molecule has 0 spiro atoms. The molecule has 0 saturated carbocycles. The van der Waals surface area contributed by atoms with Crippen LogP contribution in [0.25, 0.3) is 0 Å². The lowest BCUT2D eigenvalue weighted by atomic mass is 9.92. The summed E-state index contributed by atoms with van der Waals surface area (Å²) in [5.74, 6) is 0.754. The van der Waals surface area contributed by atoms with Gasteiger partial charge >= 0.3 is 0 Å². The maximum atomic E-state index is 12.8. The number of aromatic nitrogens is 3. The van der Waals surface area contributed by atoms with Crippen molar-refractivity contribution in [1.82, 2.24) is 24.8 Å². The maximum absolute atomic E-state index is 12.8. The van der Waals surface area contributed by atoms with Crippen molar-refractivity contribution in [2.45, 2.75) is 37.5 Å². The fourth-order valence-corrected chi connectivity index (χ4v) is 4.59. The average molecular weight is 440 g/mol. The van der Waals surface area contributed by atoms with Crippen molar-refractivity contribution >= 4 is 11.8 Å².